The van der Waals surface area contributed by atoms with Crippen molar-refractivity contribution in [3.63, 3.8) is 0 Å². The largest absolute Gasteiger partial charge is 0.307 e. The number of rotatable bonds is 2. The molecule has 3 aromatic heterocycles. The standard InChI is InChI=1S/C14H9N3S/c15-8-13(12-3-6-18-10-12)7-11-1-2-14-16-4-5-17(14)9-11/h1-7,9-10H. The zero-order valence-electron chi connectivity index (χ0n) is 9.45. The lowest BCUT2D eigenvalue weighted by Crippen LogP contribution is -1.85. The van der Waals surface area contributed by atoms with Gasteiger partial charge in [0.2, 0.25) is 0 Å². The molecule has 0 fully saturated rings. The summed E-state index contributed by atoms with van der Waals surface area (Å²) in [6.07, 6.45) is 7.50. The van der Waals surface area contributed by atoms with E-state index in [0.29, 0.717) is 5.57 Å². The SMILES string of the molecule is N#CC(=Cc1ccc2nccn2c1)c1ccsc1. The van der Waals surface area contributed by atoms with Crippen molar-refractivity contribution in [3.8, 4) is 6.07 Å². The molecule has 0 atom stereocenters. The van der Waals surface area contributed by atoms with Crippen LogP contribution in [-0.4, -0.2) is 9.38 Å². The molecule has 0 aliphatic rings. The fraction of sp³-hybridized carbons (Fsp3) is 0. The highest BCUT2D eigenvalue weighted by Gasteiger charge is 2.02. The first kappa shape index (κ1) is 10.8. The number of thiophene rings is 1. The minimum atomic E-state index is 0.677. The van der Waals surface area contributed by atoms with Crippen LogP contribution in [0.4, 0.5) is 0 Å². The Kier molecular flexibility index (Phi) is 2.67. The van der Waals surface area contributed by atoms with Crippen LogP contribution in [0.15, 0.2) is 47.5 Å². The molecule has 0 aliphatic carbocycles. The van der Waals surface area contributed by atoms with E-state index in [9.17, 15) is 5.26 Å². The normalized spacial score (nSPS) is 11.6. The summed E-state index contributed by atoms with van der Waals surface area (Å²) in [4.78, 5) is 4.19. The zero-order chi connectivity index (χ0) is 12.4. The lowest BCUT2D eigenvalue weighted by atomic mass is 10.1. The van der Waals surface area contributed by atoms with E-state index in [1.54, 1.807) is 17.5 Å². The van der Waals surface area contributed by atoms with Crippen LogP contribution in [0, 0.1) is 11.3 Å². The van der Waals surface area contributed by atoms with E-state index in [-0.39, 0.29) is 0 Å². The summed E-state index contributed by atoms with van der Waals surface area (Å²) in [5.74, 6) is 0. The van der Waals surface area contributed by atoms with E-state index in [4.69, 9.17) is 0 Å². The first-order chi connectivity index (χ1) is 8.86. The molecular weight excluding hydrogens is 242 g/mol. The molecule has 0 radical (unpaired) electrons. The van der Waals surface area contributed by atoms with Crippen molar-refractivity contribution in [2.75, 3.05) is 0 Å². The highest BCUT2D eigenvalue weighted by Crippen LogP contribution is 2.20. The number of allylic oxidation sites excluding steroid dienone is 1. The fourth-order valence-electron chi connectivity index (χ4n) is 1.79. The van der Waals surface area contributed by atoms with Gasteiger partial charge in [-0.15, -0.1) is 0 Å². The van der Waals surface area contributed by atoms with Crippen LogP contribution in [0.25, 0.3) is 17.3 Å². The quantitative estimate of drug-likeness (QED) is 0.654. The summed E-state index contributed by atoms with van der Waals surface area (Å²) in [6, 6.07) is 8.09. The molecule has 0 amide bonds. The van der Waals surface area contributed by atoms with Crippen molar-refractivity contribution in [2.24, 2.45) is 0 Å². The minimum absolute atomic E-state index is 0.677. The van der Waals surface area contributed by atoms with Crippen molar-refractivity contribution < 1.29 is 0 Å². The van der Waals surface area contributed by atoms with Gasteiger partial charge in [-0.3, -0.25) is 0 Å². The van der Waals surface area contributed by atoms with Gasteiger partial charge >= 0.3 is 0 Å². The van der Waals surface area contributed by atoms with Crippen LogP contribution < -0.4 is 0 Å². The Hall–Kier alpha value is -2.38. The van der Waals surface area contributed by atoms with Gasteiger partial charge in [0.05, 0.1) is 11.6 Å². The van der Waals surface area contributed by atoms with Crippen molar-refractivity contribution in [2.45, 2.75) is 0 Å². The van der Waals surface area contributed by atoms with E-state index < -0.39 is 0 Å². The molecule has 3 nitrogen and oxygen atoms in total. The molecule has 0 N–H and O–H groups in total. The number of hydrogen-bond donors (Lipinski definition) is 0. The molecule has 86 valence electrons. The summed E-state index contributed by atoms with van der Waals surface area (Å²) in [5, 5.41) is 13.1. The molecule has 0 bridgehead atoms. The maximum Gasteiger partial charge on any atom is 0.136 e. The van der Waals surface area contributed by atoms with Gasteiger partial charge in [-0.1, -0.05) is 0 Å². The molecule has 0 spiro atoms. The van der Waals surface area contributed by atoms with Gasteiger partial charge in [-0.05, 0) is 40.6 Å². The van der Waals surface area contributed by atoms with E-state index in [0.717, 1.165) is 16.8 Å². The third kappa shape index (κ3) is 1.92. The lowest BCUT2D eigenvalue weighted by Gasteiger charge is -1.98. The number of nitrogens with zero attached hydrogens (tertiary/aromatic N) is 3. The molecule has 0 aliphatic heterocycles. The van der Waals surface area contributed by atoms with Crippen molar-refractivity contribution >= 4 is 28.6 Å². The van der Waals surface area contributed by atoms with Crippen LogP contribution in [0.5, 0.6) is 0 Å². The van der Waals surface area contributed by atoms with Gasteiger partial charge in [0.15, 0.2) is 0 Å². The summed E-state index contributed by atoms with van der Waals surface area (Å²) < 4.78 is 1.94. The van der Waals surface area contributed by atoms with Gasteiger partial charge in [0.25, 0.3) is 0 Å². The smallest absolute Gasteiger partial charge is 0.136 e. The van der Waals surface area contributed by atoms with Gasteiger partial charge < -0.3 is 4.40 Å². The molecule has 0 saturated carbocycles. The summed E-state index contributed by atoms with van der Waals surface area (Å²) in [7, 11) is 0. The number of hydrogen-bond acceptors (Lipinski definition) is 3. The van der Waals surface area contributed by atoms with E-state index >= 15 is 0 Å². The maximum atomic E-state index is 9.20. The molecule has 3 rings (SSSR count). The second-order valence-electron chi connectivity index (χ2n) is 3.84. The predicted octanol–water partition coefficient (Wildman–Crippen LogP) is 3.46. The zero-order valence-corrected chi connectivity index (χ0v) is 10.3. The maximum absolute atomic E-state index is 9.20. The molecule has 0 aromatic carbocycles. The van der Waals surface area contributed by atoms with Crippen molar-refractivity contribution in [3.05, 3.63) is 58.7 Å². The monoisotopic (exact) mass is 251 g/mol. The molecule has 0 unspecified atom stereocenters. The summed E-state index contributed by atoms with van der Waals surface area (Å²) in [6.45, 7) is 0. The molecular formula is C14H9N3S. The minimum Gasteiger partial charge on any atom is -0.307 e. The van der Waals surface area contributed by atoms with Gasteiger partial charge in [0, 0.05) is 24.2 Å². The van der Waals surface area contributed by atoms with Crippen LogP contribution in [0.3, 0.4) is 0 Å². The Morgan fingerprint density at radius 2 is 2.33 bits per heavy atom. The number of pyridine rings is 1. The third-order valence-corrected chi connectivity index (χ3v) is 3.36. The van der Waals surface area contributed by atoms with E-state index in [2.05, 4.69) is 11.1 Å². The predicted molar refractivity (Wildman–Crippen MR) is 73.0 cm³/mol. The second kappa shape index (κ2) is 4.47. The summed E-state index contributed by atoms with van der Waals surface area (Å²) >= 11 is 1.59. The summed E-state index contributed by atoms with van der Waals surface area (Å²) in [5.41, 5.74) is 3.54. The average Bonchev–Trinajstić information content (AvgIpc) is 3.06. The van der Waals surface area contributed by atoms with Crippen LogP contribution in [-0.2, 0) is 0 Å². The second-order valence-corrected chi connectivity index (χ2v) is 4.62. The number of nitriles is 1. The lowest BCUT2D eigenvalue weighted by molar-refractivity contribution is 1.18. The number of imidazole rings is 1. The first-order valence-corrected chi connectivity index (χ1v) is 6.38. The Bertz CT molecular complexity index is 745. The third-order valence-electron chi connectivity index (χ3n) is 2.68. The van der Waals surface area contributed by atoms with Crippen LogP contribution in [0.2, 0.25) is 0 Å². The first-order valence-electron chi connectivity index (χ1n) is 5.44. The van der Waals surface area contributed by atoms with Gasteiger partial charge in [0.1, 0.15) is 5.65 Å². The molecule has 3 heterocycles. The van der Waals surface area contributed by atoms with Gasteiger partial charge in [-0.2, -0.15) is 16.6 Å². The van der Waals surface area contributed by atoms with E-state index in [1.165, 1.54) is 0 Å². The number of aromatic nitrogens is 2. The number of fused-ring (bicyclic) bond motifs is 1. The van der Waals surface area contributed by atoms with E-state index in [1.807, 2.05) is 51.8 Å². The average molecular weight is 251 g/mol. The molecule has 0 saturated heterocycles. The molecule has 4 heteroatoms. The Morgan fingerprint density at radius 1 is 1.39 bits per heavy atom. The molecule has 18 heavy (non-hydrogen) atoms. The Balaban J connectivity index is 2.06. The van der Waals surface area contributed by atoms with Crippen LogP contribution >= 0.6 is 11.3 Å². The van der Waals surface area contributed by atoms with Crippen molar-refractivity contribution in [1.82, 2.24) is 9.38 Å². The fourth-order valence-corrected chi connectivity index (χ4v) is 2.44. The van der Waals surface area contributed by atoms with Crippen molar-refractivity contribution in [1.29, 1.82) is 5.26 Å². The molecule has 3 aromatic rings. The highest BCUT2D eigenvalue weighted by atomic mass is 32.1. The topological polar surface area (TPSA) is 41.1 Å². The Morgan fingerprint density at radius 3 is 3.11 bits per heavy atom. The van der Waals surface area contributed by atoms with Gasteiger partial charge in [-0.25, -0.2) is 4.98 Å². The van der Waals surface area contributed by atoms with Crippen LogP contribution in [0.1, 0.15) is 11.1 Å². The Labute approximate surface area is 108 Å². The highest BCUT2D eigenvalue weighted by molar-refractivity contribution is 7.08.